The minimum atomic E-state index is -4.19. The van der Waals surface area contributed by atoms with E-state index in [1.807, 2.05) is 0 Å². The van der Waals surface area contributed by atoms with Crippen molar-refractivity contribution in [1.29, 1.82) is 0 Å². The molecule has 0 aromatic carbocycles. The van der Waals surface area contributed by atoms with E-state index in [1.54, 1.807) is 12.1 Å². The van der Waals surface area contributed by atoms with Gasteiger partial charge in [0.05, 0.1) is 18.7 Å². The van der Waals surface area contributed by atoms with E-state index in [0.717, 1.165) is 0 Å². The van der Waals surface area contributed by atoms with Gasteiger partial charge >= 0.3 is 6.18 Å². The summed E-state index contributed by atoms with van der Waals surface area (Å²) in [6.45, 7) is -0.224. The Labute approximate surface area is 88.7 Å². The molecule has 86 valence electrons. The Kier molecular flexibility index (Phi) is 2.67. The van der Waals surface area contributed by atoms with Gasteiger partial charge in [-0.1, -0.05) is 5.16 Å². The normalized spacial score (nSPS) is 11.9. The van der Waals surface area contributed by atoms with Crippen LogP contribution in [0.2, 0.25) is 0 Å². The predicted molar refractivity (Wildman–Crippen MR) is 48.4 cm³/mol. The van der Waals surface area contributed by atoms with Crippen LogP contribution in [0, 0.1) is 0 Å². The van der Waals surface area contributed by atoms with E-state index in [0.29, 0.717) is 11.4 Å². The highest BCUT2D eigenvalue weighted by Crippen LogP contribution is 2.22. The van der Waals surface area contributed by atoms with E-state index in [9.17, 15) is 13.2 Å². The summed E-state index contributed by atoms with van der Waals surface area (Å²) in [6, 6.07) is 3.16. The molecule has 7 heteroatoms. The molecule has 2 aromatic heterocycles. The average molecular weight is 231 g/mol. The van der Waals surface area contributed by atoms with Crippen molar-refractivity contribution in [2.75, 3.05) is 0 Å². The van der Waals surface area contributed by atoms with Crippen LogP contribution in [-0.2, 0) is 6.54 Å². The molecule has 0 aliphatic heterocycles. The molecule has 0 atom stereocenters. The van der Waals surface area contributed by atoms with E-state index < -0.39 is 12.6 Å². The van der Waals surface area contributed by atoms with Crippen LogP contribution in [0.4, 0.5) is 13.2 Å². The minimum Gasteiger partial charge on any atom is -0.364 e. The molecule has 0 radical (unpaired) electrons. The van der Waals surface area contributed by atoms with Crippen molar-refractivity contribution in [3.05, 3.63) is 24.6 Å². The van der Waals surface area contributed by atoms with E-state index in [4.69, 9.17) is 0 Å². The molecule has 4 nitrogen and oxygen atoms in total. The monoisotopic (exact) mass is 231 g/mol. The van der Waals surface area contributed by atoms with Crippen LogP contribution >= 0.6 is 0 Å². The van der Waals surface area contributed by atoms with E-state index in [1.165, 1.54) is 17.1 Å². The van der Waals surface area contributed by atoms with Gasteiger partial charge in [-0.2, -0.15) is 18.3 Å². The lowest BCUT2D eigenvalue weighted by Gasteiger charge is -2.07. The Hall–Kier alpha value is -1.79. The molecule has 0 bridgehead atoms. The first-order valence-electron chi connectivity index (χ1n) is 4.55. The Bertz CT molecular complexity index is 447. The van der Waals surface area contributed by atoms with Gasteiger partial charge in [0.2, 0.25) is 0 Å². The van der Waals surface area contributed by atoms with Crippen molar-refractivity contribution in [2.24, 2.45) is 0 Å². The van der Waals surface area contributed by atoms with Gasteiger partial charge in [-0.25, -0.2) is 0 Å². The fourth-order valence-electron chi connectivity index (χ4n) is 1.31. The predicted octanol–water partition coefficient (Wildman–Crippen LogP) is 2.49. The first-order valence-corrected chi connectivity index (χ1v) is 4.55. The Morgan fingerprint density at radius 3 is 2.75 bits per heavy atom. The lowest BCUT2D eigenvalue weighted by Crippen LogP contribution is -2.13. The Balaban J connectivity index is 2.14. The van der Waals surface area contributed by atoms with E-state index in [-0.39, 0.29) is 6.54 Å². The molecular formula is C9H8F3N3O. The van der Waals surface area contributed by atoms with E-state index in [2.05, 4.69) is 14.8 Å². The summed E-state index contributed by atoms with van der Waals surface area (Å²) in [4.78, 5) is 0. The quantitative estimate of drug-likeness (QED) is 0.815. The molecule has 0 N–H and O–H groups in total. The number of nitrogens with zero attached hydrogens (tertiary/aromatic N) is 3. The standard InChI is InChI=1S/C9H8F3N3O/c10-9(11,12)3-5-15-8(1-4-13-15)7-2-6-16-14-7/h1-2,4,6H,3,5H2. The molecule has 16 heavy (non-hydrogen) atoms. The zero-order chi connectivity index (χ0) is 11.6. The zero-order valence-electron chi connectivity index (χ0n) is 8.11. The molecule has 2 rings (SSSR count). The Morgan fingerprint density at radius 2 is 2.12 bits per heavy atom. The average Bonchev–Trinajstić information content (AvgIpc) is 2.84. The molecule has 2 aromatic rings. The molecule has 0 aliphatic carbocycles. The van der Waals surface area contributed by atoms with Gasteiger partial charge in [-0.05, 0) is 6.07 Å². The number of aryl methyl sites for hydroxylation is 1. The summed E-state index contributed by atoms with van der Waals surface area (Å²) in [7, 11) is 0. The number of rotatable bonds is 3. The summed E-state index contributed by atoms with van der Waals surface area (Å²) in [5.41, 5.74) is 0.984. The largest absolute Gasteiger partial charge is 0.390 e. The number of hydrogen-bond donors (Lipinski definition) is 0. The second-order valence-electron chi connectivity index (χ2n) is 3.19. The summed E-state index contributed by atoms with van der Waals surface area (Å²) < 4.78 is 42.0. The molecule has 0 unspecified atom stereocenters. The molecule has 0 fully saturated rings. The topological polar surface area (TPSA) is 43.9 Å². The highest BCUT2D eigenvalue weighted by atomic mass is 19.4. The summed E-state index contributed by atoms with van der Waals surface area (Å²) >= 11 is 0. The van der Waals surface area contributed by atoms with Crippen LogP contribution in [0.3, 0.4) is 0 Å². The third kappa shape index (κ3) is 2.41. The Morgan fingerprint density at radius 1 is 1.31 bits per heavy atom. The van der Waals surface area contributed by atoms with Crippen LogP contribution in [0.5, 0.6) is 0 Å². The van der Waals surface area contributed by atoms with Gasteiger partial charge in [-0.3, -0.25) is 4.68 Å². The highest BCUT2D eigenvalue weighted by Gasteiger charge is 2.27. The zero-order valence-corrected chi connectivity index (χ0v) is 8.11. The highest BCUT2D eigenvalue weighted by molar-refractivity contribution is 5.52. The van der Waals surface area contributed by atoms with Crippen molar-refractivity contribution in [1.82, 2.24) is 14.9 Å². The number of hydrogen-bond acceptors (Lipinski definition) is 3. The second-order valence-corrected chi connectivity index (χ2v) is 3.19. The minimum absolute atomic E-state index is 0.224. The number of halogens is 3. The molecule has 0 aliphatic rings. The first kappa shape index (κ1) is 10.7. The van der Waals surface area contributed by atoms with Gasteiger partial charge in [-0.15, -0.1) is 0 Å². The summed E-state index contributed by atoms with van der Waals surface area (Å²) in [5, 5.41) is 7.46. The summed E-state index contributed by atoms with van der Waals surface area (Å²) in [6.07, 6.45) is -2.32. The molecule has 0 spiro atoms. The summed E-state index contributed by atoms with van der Waals surface area (Å²) in [5.74, 6) is 0. The maximum Gasteiger partial charge on any atom is 0.390 e. The third-order valence-corrected chi connectivity index (χ3v) is 2.02. The lowest BCUT2D eigenvalue weighted by molar-refractivity contribution is -0.137. The molecular weight excluding hydrogens is 223 g/mol. The van der Waals surface area contributed by atoms with Crippen molar-refractivity contribution in [3.63, 3.8) is 0 Å². The fourth-order valence-corrected chi connectivity index (χ4v) is 1.31. The molecule has 0 saturated carbocycles. The van der Waals surface area contributed by atoms with Gasteiger partial charge in [0.25, 0.3) is 0 Å². The van der Waals surface area contributed by atoms with Crippen molar-refractivity contribution in [3.8, 4) is 11.4 Å². The van der Waals surface area contributed by atoms with Crippen LogP contribution in [-0.4, -0.2) is 21.1 Å². The maximum atomic E-state index is 12.0. The number of aromatic nitrogens is 3. The van der Waals surface area contributed by atoms with Gasteiger partial charge in [0.15, 0.2) is 0 Å². The van der Waals surface area contributed by atoms with Crippen LogP contribution < -0.4 is 0 Å². The SMILES string of the molecule is FC(F)(F)CCn1nccc1-c1ccon1. The molecule has 0 amide bonds. The molecule has 0 saturated heterocycles. The van der Waals surface area contributed by atoms with E-state index >= 15 is 0 Å². The lowest BCUT2D eigenvalue weighted by atomic mass is 10.3. The third-order valence-electron chi connectivity index (χ3n) is 2.02. The first-order chi connectivity index (χ1) is 7.56. The van der Waals surface area contributed by atoms with Crippen LogP contribution in [0.1, 0.15) is 6.42 Å². The number of alkyl halides is 3. The van der Waals surface area contributed by atoms with Crippen molar-refractivity contribution >= 4 is 0 Å². The van der Waals surface area contributed by atoms with Gasteiger partial charge in [0.1, 0.15) is 12.0 Å². The van der Waals surface area contributed by atoms with Crippen LogP contribution in [0.15, 0.2) is 29.1 Å². The smallest absolute Gasteiger partial charge is 0.364 e. The van der Waals surface area contributed by atoms with Gasteiger partial charge < -0.3 is 4.52 Å². The second kappa shape index (κ2) is 3.99. The van der Waals surface area contributed by atoms with Gasteiger partial charge in [0, 0.05) is 12.3 Å². The molecule has 2 heterocycles. The fraction of sp³-hybridized carbons (Fsp3) is 0.333. The van der Waals surface area contributed by atoms with Crippen molar-refractivity contribution < 1.29 is 17.7 Å². The maximum absolute atomic E-state index is 12.0. The van der Waals surface area contributed by atoms with Crippen LogP contribution in [0.25, 0.3) is 11.4 Å². The van der Waals surface area contributed by atoms with Crippen molar-refractivity contribution in [2.45, 2.75) is 19.1 Å².